The molecule has 0 N–H and O–H groups in total. The number of hydrogen-bond acceptors (Lipinski definition) is 1. The minimum atomic E-state index is -0.149. The Morgan fingerprint density at radius 3 is 2.19 bits per heavy atom. The average molecular weight is 362 g/mol. The first-order chi connectivity index (χ1) is 12.4. The fraction of sp³-hybridized carbons (Fsp3) is 0.583. The minimum absolute atomic E-state index is 0. The van der Waals surface area contributed by atoms with Gasteiger partial charge in [0.1, 0.15) is 11.7 Å². The number of rotatable bonds is 12. The third kappa shape index (κ3) is 5.83. The molecule has 2 atom stereocenters. The number of epoxide rings is 1. The van der Waals surface area contributed by atoms with E-state index in [0.29, 0.717) is 0 Å². The van der Waals surface area contributed by atoms with Gasteiger partial charge < -0.3 is 4.74 Å². The van der Waals surface area contributed by atoms with Gasteiger partial charge in [-0.05, 0) is 30.0 Å². The Morgan fingerprint density at radius 1 is 0.846 bits per heavy atom. The molecule has 2 aliphatic rings. The second-order valence-electron chi connectivity index (χ2n) is 7.66. The van der Waals surface area contributed by atoms with Crippen LogP contribution in [0.3, 0.4) is 0 Å². The molecule has 0 bridgehead atoms. The van der Waals surface area contributed by atoms with Crippen LogP contribution in [0.15, 0.2) is 48.6 Å². The van der Waals surface area contributed by atoms with Crippen molar-refractivity contribution in [1.82, 2.24) is 0 Å². The van der Waals surface area contributed by atoms with E-state index in [-0.39, 0.29) is 41.3 Å². The Balaban J connectivity index is 0.00000243. The van der Waals surface area contributed by atoms with Crippen molar-refractivity contribution in [2.45, 2.75) is 89.3 Å². The molecule has 3 rings (SSSR count). The molecule has 1 nitrogen and oxygen atoms in total. The summed E-state index contributed by atoms with van der Waals surface area (Å²) in [5, 5.41) is 0. The van der Waals surface area contributed by atoms with Crippen LogP contribution < -0.4 is 0 Å². The van der Waals surface area contributed by atoms with E-state index in [4.69, 9.17) is 4.74 Å². The van der Waals surface area contributed by atoms with Gasteiger partial charge >= 0.3 is 0 Å². The number of hydrogen-bond donors (Lipinski definition) is 0. The van der Waals surface area contributed by atoms with Gasteiger partial charge in [-0.3, -0.25) is 0 Å². The molecule has 1 radical (unpaired) electrons. The Bertz CT molecular complexity index is 592. The Morgan fingerprint density at radius 2 is 1.50 bits per heavy atom. The van der Waals surface area contributed by atoms with Crippen LogP contribution in [0.4, 0.5) is 0 Å². The summed E-state index contributed by atoms with van der Waals surface area (Å²) in [7, 11) is 0. The molecule has 26 heavy (non-hydrogen) atoms. The van der Waals surface area contributed by atoms with E-state index in [1.807, 2.05) is 0 Å². The fourth-order valence-corrected chi connectivity index (χ4v) is 4.08. The van der Waals surface area contributed by atoms with Crippen LogP contribution in [0.2, 0.25) is 0 Å². The van der Waals surface area contributed by atoms with Crippen molar-refractivity contribution >= 4 is 29.6 Å². The minimum Gasteiger partial charge on any atom is -0.352 e. The van der Waals surface area contributed by atoms with Gasteiger partial charge in [0.15, 0.2) is 0 Å². The zero-order valence-corrected chi connectivity index (χ0v) is 18.9. The molecule has 0 aromatic heterocycles. The van der Waals surface area contributed by atoms with Crippen molar-refractivity contribution in [3.8, 4) is 0 Å². The van der Waals surface area contributed by atoms with Crippen molar-refractivity contribution in [2.75, 3.05) is 0 Å². The van der Waals surface area contributed by atoms with Crippen molar-refractivity contribution < 1.29 is 4.74 Å². The molecule has 0 saturated carbocycles. The quantitative estimate of drug-likeness (QED) is 0.235. The van der Waals surface area contributed by atoms with Gasteiger partial charge in [-0.25, -0.2) is 0 Å². The van der Waals surface area contributed by atoms with E-state index in [0.717, 1.165) is 0 Å². The van der Waals surface area contributed by atoms with Crippen molar-refractivity contribution in [2.24, 2.45) is 0 Å². The molecular weight excluding hydrogens is 327 g/mol. The van der Waals surface area contributed by atoms with E-state index in [9.17, 15) is 0 Å². The summed E-state index contributed by atoms with van der Waals surface area (Å²) in [4.78, 5) is 0. The monoisotopic (exact) mass is 361 g/mol. The number of unbranched alkanes of at least 4 members (excludes halogenated alkanes) is 9. The van der Waals surface area contributed by atoms with Gasteiger partial charge in [0.05, 0.1) is 0 Å². The maximum absolute atomic E-state index is 6.02. The van der Waals surface area contributed by atoms with Crippen molar-refractivity contribution in [3.63, 3.8) is 0 Å². The molecular formula is C24H34NaO. The van der Waals surface area contributed by atoms with Gasteiger partial charge in [0.2, 0.25) is 0 Å². The zero-order valence-electron chi connectivity index (χ0n) is 16.9. The smallest absolute Gasteiger partial charge is 0.142 e. The van der Waals surface area contributed by atoms with Crippen molar-refractivity contribution in [1.29, 1.82) is 0 Å². The standard InChI is InChI=1S/C24H34O.Na/c1-2-3-4-5-6-7-8-9-10-11-16-21-17-12-13-18-22(21)24-20-15-14-19-23(24)25-24;/h12-15,17-20,23H,2-11,16H2,1H3;. The van der Waals surface area contributed by atoms with E-state index in [1.165, 1.54) is 81.8 Å². The molecule has 1 aliphatic carbocycles. The summed E-state index contributed by atoms with van der Waals surface area (Å²) in [5.74, 6) is 0. The molecule has 2 heteroatoms. The molecule has 1 aromatic carbocycles. The Kier molecular flexibility index (Phi) is 9.70. The van der Waals surface area contributed by atoms with E-state index >= 15 is 0 Å². The fourth-order valence-electron chi connectivity index (χ4n) is 4.08. The van der Waals surface area contributed by atoms with Crippen LogP contribution in [0.25, 0.3) is 0 Å². The van der Waals surface area contributed by atoms with Gasteiger partial charge in [-0.15, -0.1) is 0 Å². The molecule has 1 heterocycles. The summed E-state index contributed by atoms with van der Waals surface area (Å²) in [5.41, 5.74) is 2.71. The molecule has 0 spiro atoms. The predicted molar refractivity (Wildman–Crippen MR) is 113 cm³/mol. The molecule has 1 saturated heterocycles. The third-order valence-electron chi connectivity index (χ3n) is 5.67. The molecule has 0 amide bonds. The average Bonchev–Trinajstić information content (AvgIpc) is 3.39. The number of allylic oxidation sites excluding steroid dienone is 2. The van der Waals surface area contributed by atoms with Gasteiger partial charge in [-0.2, -0.15) is 0 Å². The van der Waals surface area contributed by atoms with Crippen molar-refractivity contribution in [3.05, 3.63) is 59.7 Å². The molecule has 1 aliphatic heterocycles. The molecule has 137 valence electrons. The van der Waals surface area contributed by atoms with Crippen LogP contribution in [0.1, 0.15) is 82.3 Å². The topological polar surface area (TPSA) is 12.5 Å². The Hall–Kier alpha value is -0.340. The first kappa shape index (κ1) is 22.0. The van der Waals surface area contributed by atoms with Crippen LogP contribution in [0.5, 0.6) is 0 Å². The van der Waals surface area contributed by atoms with E-state index in [1.54, 1.807) is 0 Å². The van der Waals surface area contributed by atoms with Crippen LogP contribution in [0, 0.1) is 0 Å². The maximum atomic E-state index is 6.02. The van der Waals surface area contributed by atoms with Crippen LogP contribution in [-0.2, 0) is 16.8 Å². The normalized spacial score (nSPS) is 22.7. The first-order valence-electron chi connectivity index (χ1n) is 10.5. The van der Waals surface area contributed by atoms with E-state index < -0.39 is 0 Å². The number of aryl methyl sites for hydroxylation is 1. The predicted octanol–water partition coefficient (Wildman–Crippen LogP) is 6.49. The maximum Gasteiger partial charge on any atom is 0.142 e. The number of benzene rings is 1. The molecule has 1 aromatic rings. The van der Waals surface area contributed by atoms with Crippen LogP contribution in [-0.4, -0.2) is 35.7 Å². The summed E-state index contributed by atoms with van der Waals surface area (Å²) in [6.45, 7) is 2.29. The number of fused-ring (bicyclic) bond motifs is 1. The van der Waals surface area contributed by atoms with E-state index in [2.05, 4.69) is 55.5 Å². The first-order valence-corrected chi connectivity index (χ1v) is 10.5. The largest absolute Gasteiger partial charge is 0.352 e. The second kappa shape index (κ2) is 11.5. The van der Waals surface area contributed by atoms with Crippen LogP contribution >= 0.6 is 0 Å². The summed E-state index contributed by atoms with van der Waals surface area (Å²) in [6, 6.07) is 8.88. The summed E-state index contributed by atoms with van der Waals surface area (Å²) >= 11 is 0. The molecule has 2 unspecified atom stereocenters. The van der Waals surface area contributed by atoms with Gasteiger partial charge in [-0.1, -0.05) is 107 Å². The molecule has 1 fully saturated rings. The summed E-state index contributed by atoms with van der Waals surface area (Å²) < 4.78 is 6.02. The third-order valence-corrected chi connectivity index (χ3v) is 5.67. The van der Waals surface area contributed by atoms with Gasteiger partial charge in [0.25, 0.3) is 0 Å². The summed E-state index contributed by atoms with van der Waals surface area (Å²) in [6.07, 6.45) is 24.0. The number of ether oxygens (including phenoxy) is 1. The SMILES string of the molecule is CCCCCCCCCCCCc1ccccc1C12C=CC=CC1O2.[Na]. The van der Waals surface area contributed by atoms with Gasteiger partial charge in [0, 0.05) is 29.6 Å². The zero-order chi connectivity index (χ0) is 17.4. The second-order valence-corrected chi connectivity index (χ2v) is 7.66. The Labute approximate surface area is 182 Å².